The van der Waals surface area contributed by atoms with Crippen molar-refractivity contribution in [3.8, 4) is 0 Å². The minimum Gasteiger partial charge on any atom is -0.462 e. The van der Waals surface area contributed by atoms with Crippen molar-refractivity contribution in [1.82, 2.24) is 0 Å². The van der Waals surface area contributed by atoms with E-state index in [1.807, 2.05) is 0 Å². The Bertz CT molecular complexity index is 1170. The van der Waals surface area contributed by atoms with Crippen LogP contribution in [0.5, 0.6) is 0 Å². The molecule has 0 spiro atoms. The van der Waals surface area contributed by atoms with Crippen molar-refractivity contribution in [3.63, 3.8) is 0 Å². The van der Waals surface area contributed by atoms with Gasteiger partial charge in [0.15, 0.2) is 6.10 Å². The molecule has 0 aromatic rings. The molecule has 0 heterocycles. The first-order chi connectivity index (χ1) is 37.0. The van der Waals surface area contributed by atoms with E-state index in [2.05, 4.69) is 32.9 Å². The van der Waals surface area contributed by atoms with E-state index >= 15 is 0 Å². The molecule has 0 radical (unpaired) electrons. The first kappa shape index (κ1) is 73.2. The Labute approximate surface area is 469 Å². The van der Waals surface area contributed by atoms with E-state index in [1.54, 1.807) is 0 Å². The van der Waals surface area contributed by atoms with Gasteiger partial charge in [0.25, 0.3) is 0 Å². The van der Waals surface area contributed by atoms with Crippen LogP contribution >= 0.6 is 0 Å². The molecule has 0 N–H and O–H groups in total. The number of carbonyl (C=O) groups excluding carboxylic acids is 3. The summed E-state index contributed by atoms with van der Waals surface area (Å²) in [7, 11) is 0. The molecule has 0 bridgehead atoms. The number of hydrogen-bond acceptors (Lipinski definition) is 6. The van der Waals surface area contributed by atoms with Crippen LogP contribution < -0.4 is 0 Å². The van der Waals surface area contributed by atoms with Crippen molar-refractivity contribution in [2.24, 2.45) is 0 Å². The van der Waals surface area contributed by atoms with E-state index in [9.17, 15) is 14.4 Å². The molecule has 0 fully saturated rings. The molecule has 0 aliphatic heterocycles. The SMILES string of the molecule is CCCCCCCCCC/C=C\CCCCCCCCCCCCCC(=O)OCC(COC(=O)CCCCCCCCCCCCCCCCCCC)OC(=O)CCCCCCCCCCCCCCCCCCC. The third kappa shape index (κ3) is 62.9. The number of hydrogen-bond donors (Lipinski definition) is 0. The zero-order valence-corrected chi connectivity index (χ0v) is 51.1. The molecule has 0 aliphatic carbocycles. The Morgan fingerprint density at radius 3 is 0.667 bits per heavy atom. The monoisotopic (exact) mass is 1060 g/mol. The molecule has 0 amide bonds. The molecule has 0 aromatic carbocycles. The molecule has 6 nitrogen and oxygen atoms in total. The maximum Gasteiger partial charge on any atom is 0.306 e. The largest absolute Gasteiger partial charge is 0.462 e. The highest BCUT2D eigenvalue weighted by Gasteiger charge is 2.19. The molecule has 0 rings (SSSR count). The van der Waals surface area contributed by atoms with Gasteiger partial charge < -0.3 is 14.2 Å². The first-order valence-corrected chi connectivity index (χ1v) is 34.2. The Kier molecular flexibility index (Phi) is 63.1. The van der Waals surface area contributed by atoms with E-state index in [4.69, 9.17) is 14.2 Å². The lowest BCUT2D eigenvalue weighted by molar-refractivity contribution is -0.167. The molecular formula is C69H132O6. The Balaban J connectivity index is 4.26. The lowest BCUT2D eigenvalue weighted by Crippen LogP contribution is -2.30. The van der Waals surface area contributed by atoms with Gasteiger partial charge in [-0.05, 0) is 44.9 Å². The van der Waals surface area contributed by atoms with Crippen LogP contribution in [0.4, 0.5) is 0 Å². The van der Waals surface area contributed by atoms with Crippen molar-refractivity contribution < 1.29 is 28.6 Å². The van der Waals surface area contributed by atoms with E-state index in [0.29, 0.717) is 19.3 Å². The van der Waals surface area contributed by atoms with Crippen molar-refractivity contribution >= 4 is 17.9 Å². The van der Waals surface area contributed by atoms with Crippen LogP contribution in [-0.4, -0.2) is 37.2 Å². The summed E-state index contributed by atoms with van der Waals surface area (Å²) >= 11 is 0. The summed E-state index contributed by atoms with van der Waals surface area (Å²) in [6, 6.07) is 0. The van der Waals surface area contributed by atoms with Gasteiger partial charge in [-0.25, -0.2) is 0 Å². The fraction of sp³-hybridized carbons (Fsp3) is 0.928. The van der Waals surface area contributed by atoms with Crippen molar-refractivity contribution in [1.29, 1.82) is 0 Å². The second-order valence-electron chi connectivity index (χ2n) is 23.5. The van der Waals surface area contributed by atoms with Gasteiger partial charge in [-0.2, -0.15) is 0 Å². The average molecular weight is 1060 g/mol. The zero-order chi connectivity index (χ0) is 54.3. The molecule has 0 saturated heterocycles. The van der Waals surface area contributed by atoms with E-state index in [-0.39, 0.29) is 31.1 Å². The maximum atomic E-state index is 12.9. The molecule has 0 aliphatic rings. The lowest BCUT2D eigenvalue weighted by Gasteiger charge is -2.18. The van der Waals surface area contributed by atoms with Crippen molar-refractivity contribution in [2.75, 3.05) is 13.2 Å². The summed E-state index contributed by atoms with van der Waals surface area (Å²) < 4.78 is 17.0. The van der Waals surface area contributed by atoms with Crippen molar-refractivity contribution in [2.45, 2.75) is 399 Å². The summed E-state index contributed by atoms with van der Waals surface area (Å²) in [5.41, 5.74) is 0. The fourth-order valence-electron chi connectivity index (χ4n) is 10.6. The third-order valence-corrected chi connectivity index (χ3v) is 15.8. The van der Waals surface area contributed by atoms with Crippen LogP contribution in [0.1, 0.15) is 393 Å². The van der Waals surface area contributed by atoms with Crippen LogP contribution in [0.15, 0.2) is 12.2 Å². The fourth-order valence-corrected chi connectivity index (χ4v) is 10.6. The second-order valence-corrected chi connectivity index (χ2v) is 23.5. The minimum absolute atomic E-state index is 0.0629. The smallest absolute Gasteiger partial charge is 0.306 e. The summed E-state index contributed by atoms with van der Waals surface area (Å²) in [5.74, 6) is -0.828. The number of carbonyl (C=O) groups is 3. The number of esters is 3. The number of unbranched alkanes of at least 4 members (excludes halogenated alkanes) is 51. The Morgan fingerprint density at radius 2 is 0.440 bits per heavy atom. The van der Waals surface area contributed by atoms with Crippen LogP contribution in [-0.2, 0) is 28.6 Å². The molecule has 444 valence electrons. The molecule has 0 saturated carbocycles. The molecule has 1 unspecified atom stereocenters. The average Bonchev–Trinajstić information content (AvgIpc) is 3.41. The Hall–Kier alpha value is -1.85. The predicted molar refractivity (Wildman–Crippen MR) is 326 cm³/mol. The van der Waals surface area contributed by atoms with E-state index in [0.717, 1.165) is 57.8 Å². The van der Waals surface area contributed by atoms with Crippen molar-refractivity contribution in [3.05, 3.63) is 12.2 Å². The lowest BCUT2D eigenvalue weighted by atomic mass is 10.0. The minimum atomic E-state index is -0.766. The van der Waals surface area contributed by atoms with E-state index in [1.165, 1.54) is 295 Å². The summed E-state index contributed by atoms with van der Waals surface area (Å²) in [4.78, 5) is 38.4. The van der Waals surface area contributed by atoms with E-state index < -0.39 is 6.10 Å². The topological polar surface area (TPSA) is 78.9 Å². The quantitative estimate of drug-likeness (QED) is 0.0261. The highest BCUT2D eigenvalue weighted by molar-refractivity contribution is 5.71. The van der Waals surface area contributed by atoms with Gasteiger partial charge in [0, 0.05) is 19.3 Å². The van der Waals surface area contributed by atoms with Gasteiger partial charge >= 0.3 is 17.9 Å². The molecule has 75 heavy (non-hydrogen) atoms. The summed E-state index contributed by atoms with van der Waals surface area (Å²) in [6.07, 6.45) is 76.5. The Morgan fingerprint density at radius 1 is 0.253 bits per heavy atom. The molecule has 1 atom stereocenters. The number of ether oxygens (including phenoxy) is 3. The molecule has 6 heteroatoms. The van der Waals surface area contributed by atoms with Gasteiger partial charge in [-0.15, -0.1) is 0 Å². The normalized spacial score (nSPS) is 12.0. The summed E-state index contributed by atoms with van der Waals surface area (Å²) in [5, 5.41) is 0. The molecule has 0 aromatic heterocycles. The van der Waals surface area contributed by atoms with Gasteiger partial charge in [-0.1, -0.05) is 341 Å². The maximum absolute atomic E-state index is 12.9. The predicted octanol–water partition coefficient (Wildman–Crippen LogP) is 23.2. The van der Waals surface area contributed by atoms with Gasteiger partial charge in [0.2, 0.25) is 0 Å². The summed E-state index contributed by atoms with van der Waals surface area (Å²) in [6.45, 7) is 6.73. The molecular weight excluding hydrogens is 925 g/mol. The van der Waals surface area contributed by atoms with Crippen LogP contribution in [0.3, 0.4) is 0 Å². The first-order valence-electron chi connectivity index (χ1n) is 34.2. The van der Waals surface area contributed by atoms with Gasteiger partial charge in [-0.3, -0.25) is 14.4 Å². The van der Waals surface area contributed by atoms with Crippen LogP contribution in [0.2, 0.25) is 0 Å². The van der Waals surface area contributed by atoms with Gasteiger partial charge in [0.1, 0.15) is 13.2 Å². The van der Waals surface area contributed by atoms with Crippen LogP contribution in [0, 0.1) is 0 Å². The number of allylic oxidation sites excluding steroid dienone is 2. The third-order valence-electron chi connectivity index (χ3n) is 15.8. The second kappa shape index (κ2) is 64.7. The van der Waals surface area contributed by atoms with Crippen LogP contribution in [0.25, 0.3) is 0 Å². The highest BCUT2D eigenvalue weighted by Crippen LogP contribution is 2.19. The number of rotatable bonds is 64. The standard InChI is InChI=1S/C69H132O6/c1-4-7-10-13-16-19-22-25-28-31-32-33-34-35-36-39-41-44-47-50-53-56-59-62-68(71)74-65-66(75-69(72)63-60-57-54-51-48-45-42-38-30-27-24-21-18-15-12-9-6-3)64-73-67(70)61-58-55-52-49-46-43-40-37-29-26-23-20-17-14-11-8-5-2/h31-32,66H,4-30,33-65H2,1-3H3/b32-31-. The van der Waals surface area contributed by atoms with Gasteiger partial charge in [0.05, 0.1) is 0 Å². The highest BCUT2D eigenvalue weighted by atomic mass is 16.6. The zero-order valence-electron chi connectivity index (χ0n) is 51.1.